The SMILES string of the molecule is COc1ccccc1Nc1nc(N)nc(CN(C)Cc2cc(C)c(OC)c(C)c2)n1. The monoisotopic (exact) mass is 408 g/mol. The summed E-state index contributed by atoms with van der Waals surface area (Å²) < 4.78 is 10.8. The van der Waals surface area contributed by atoms with Crippen molar-refractivity contribution in [3.05, 3.63) is 58.9 Å². The van der Waals surface area contributed by atoms with E-state index in [1.165, 1.54) is 5.56 Å². The van der Waals surface area contributed by atoms with Crippen molar-refractivity contribution in [2.24, 2.45) is 0 Å². The van der Waals surface area contributed by atoms with Crippen LogP contribution in [-0.2, 0) is 13.1 Å². The lowest BCUT2D eigenvalue weighted by Gasteiger charge is -2.18. The summed E-state index contributed by atoms with van der Waals surface area (Å²) in [4.78, 5) is 15.1. The molecule has 0 fully saturated rings. The van der Waals surface area contributed by atoms with E-state index in [-0.39, 0.29) is 5.95 Å². The Morgan fingerprint density at radius 3 is 2.33 bits per heavy atom. The van der Waals surface area contributed by atoms with Crippen molar-refractivity contribution in [3.63, 3.8) is 0 Å². The third-order valence-electron chi connectivity index (χ3n) is 4.64. The summed E-state index contributed by atoms with van der Waals surface area (Å²) >= 11 is 0. The van der Waals surface area contributed by atoms with Crippen LogP contribution in [0, 0.1) is 13.8 Å². The number of nitrogens with one attached hydrogen (secondary N) is 1. The lowest BCUT2D eigenvalue weighted by atomic mass is 10.1. The summed E-state index contributed by atoms with van der Waals surface area (Å²) in [5.74, 6) is 2.76. The molecule has 0 saturated carbocycles. The zero-order chi connectivity index (χ0) is 21.7. The Morgan fingerprint density at radius 2 is 1.67 bits per heavy atom. The van der Waals surface area contributed by atoms with Gasteiger partial charge in [-0.2, -0.15) is 15.0 Å². The van der Waals surface area contributed by atoms with Crippen molar-refractivity contribution in [2.75, 3.05) is 32.3 Å². The second-order valence-electron chi connectivity index (χ2n) is 7.19. The number of nitrogen functional groups attached to an aromatic ring is 1. The minimum absolute atomic E-state index is 0.168. The Morgan fingerprint density at radius 1 is 0.967 bits per heavy atom. The highest BCUT2D eigenvalue weighted by molar-refractivity contribution is 5.62. The molecule has 0 spiro atoms. The fourth-order valence-electron chi connectivity index (χ4n) is 3.50. The Hall–Kier alpha value is -3.39. The van der Waals surface area contributed by atoms with Crippen LogP contribution in [0.1, 0.15) is 22.5 Å². The molecule has 3 rings (SSSR count). The quantitative estimate of drug-likeness (QED) is 0.585. The summed E-state index contributed by atoms with van der Waals surface area (Å²) in [6.07, 6.45) is 0. The normalized spacial score (nSPS) is 10.9. The lowest BCUT2D eigenvalue weighted by Crippen LogP contribution is -2.20. The Kier molecular flexibility index (Phi) is 6.68. The van der Waals surface area contributed by atoms with Crippen LogP contribution in [0.4, 0.5) is 17.6 Å². The van der Waals surface area contributed by atoms with Crippen LogP contribution in [0.3, 0.4) is 0 Å². The van der Waals surface area contributed by atoms with E-state index in [0.29, 0.717) is 24.1 Å². The molecule has 1 heterocycles. The first-order valence-corrected chi connectivity index (χ1v) is 9.62. The van der Waals surface area contributed by atoms with E-state index in [1.54, 1.807) is 14.2 Å². The van der Waals surface area contributed by atoms with E-state index in [0.717, 1.165) is 29.1 Å². The Labute approximate surface area is 177 Å². The third kappa shape index (κ3) is 5.15. The van der Waals surface area contributed by atoms with Gasteiger partial charge in [0, 0.05) is 6.54 Å². The third-order valence-corrected chi connectivity index (χ3v) is 4.64. The number of para-hydroxylation sites is 2. The van der Waals surface area contributed by atoms with Crippen LogP contribution < -0.4 is 20.5 Å². The smallest absolute Gasteiger partial charge is 0.232 e. The first kappa shape index (κ1) is 21.3. The molecule has 8 heteroatoms. The van der Waals surface area contributed by atoms with Crippen LogP contribution in [0.25, 0.3) is 0 Å². The fourth-order valence-corrected chi connectivity index (χ4v) is 3.50. The maximum atomic E-state index is 5.92. The molecule has 0 aliphatic carbocycles. The number of hydrogen-bond donors (Lipinski definition) is 2. The molecule has 3 N–H and O–H groups in total. The van der Waals surface area contributed by atoms with E-state index in [4.69, 9.17) is 15.2 Å². The fraction of sp³-hybridized carbons (Fsp3) is 0.318. The van der Waals surface area contributed by atoms with Gasteiger partial charge in [-0.05, 0) is 49.7 Å². The van der Waals surface area contributed by atoms with Gasteiger partial charge in [0.25, 0.3) is 0 Å². The molecular formula is C22H28N6O2. The standard InChI is InChI=1S/C22H28N6O2/c1-14-10-16(11-15(2)20(14)30-5)12-28(3)13-19-25-21(23)27-22(26-19)24-17-8-6-7-9-18(17)29-4/h6-11H,12-13H2,1-5H3,(H3,23,24,25,26,27). The van der Waals surface area contributed by atoms with Gasteiger partial charge in [0.1, 0.15) is 17.3 Å². The van der Waals surface area contributed by atoms with Crippen molar-refractivity contribution in [1.29, 1.82) is 0 Å². The molecule has 8 nitrogen and oxygen atoms in total. The molecule has 158 valence electrons. The van der Waals surface area contributed by atoms with Gasteiger partial charge >= 0.3 is 0 Å². The van der Waals surface area contributed by atoms with Gasteiger partial charge in [-0.1, -0.05) is 24.3 Å². The van der Waals surface area contributed by atoms with Crippen LogP contribution in [0.2, 0.25) is 0 Å². The van der Waals surface area contributed by atoms with Crippen molar-refractivity contribution >= 4 is 17.6 Å². The number of ether oxygens (including phenoxy) is 2. The maximum absolute atomic E-state index is 5.92. The molecule has 0 aliphatic rings. The van der Waals surface area contributed by atoms with Gasteiger partial charge in [-0.25, -0.2) is 0 Å². The molecule has 0 atom stereocenters. The van der Waals surface area contributed by atoms with Gasteiger partial charge < -0.3 is 20.5 Å². The van der Waals surface area contributed by atoms with E-state index in [1.807, 2.05) is 31.3 Å². The van der Waals surface area contributed by atoms with Crippen molar-refractivity contribution < 1.29 is 9.47 Å². The van der Waals surface area contributed by atoms with Gasteiger partial charge in [0.15, 0.2) is 0 Å². The molecule has 0 aliphatic heterocycles. The summed E-state index contributed by atoms with van der Waals surface area (Å²) in [5, 5.41) is 3.16. The molecule has 1 aromatic heterocycles. The second-order valence-corrected chi connectivity index (χ2v) is 7.19. The van der Waals surface area contributed by atoms with Crippen LogP contribution >= 0.6 is 0 Å². The van der Waals surface area contributed by atoms with Crippen LogP contribution in [0.5, 0.6) is 11.5 Å². The summed E-state index contributed by atoms with van der Waals surface area (Å²) in [6, 6.07) is 11.8. The molecule has 0 bridgehead atoms. The molecule has 0 unspecified atom stereocenters. The molecule has 3 aromatic rings. The Balaban J connectivity index is 1.74. The predicted octanol–water partition coefficient (Wildman–Crippen LogP) is 3.46. The lowest BCUT2D eigenvalue weighted by molar-refractivity contribution is 0.310. The summed E-state index contributed by atoms with van der Waals surface area (Å²) in [6.45, 7) is 5.37. The van der Waals surface area contributed by atoms with Gasteiger partial charge in [-0.3, -0.25) is 4.90 Å². The van der Waals surface area contributed by atoms with Gasteiger partial charge in [-0.15, -0.1) is 0 Å². The number of anilines is 3. The van der Waals surface area contributed by atoms with Gasteiger partial charge in [0.05, 0.1) is 26.5 Å². The minimum Gasteiger partial charge on any atom is -0.496 e. The van der Waals surface area contributed by atoms with E-state index >= 15 is 0 Å². The van der Waals surface area contributed by atoms with E-state index in [9.17, 15) is 0 Å². The number of benzene rings is 2. The number of aromatic nitrogens is 3. The molecular weight excluding hydrogens is 380 g/mol. The zero-order valence-electron chi connectivity index (χ0n) is 18.1. The van der Waals surface area contributed by atoms with E-state index in [2.05, 4.69) is 51.1 Å². The second kappa shape index (κ2) is 9.41. The first-order chi connectivity index (χ1) is 14.4. The average Bonchev–Trinajstić information content (AvgIpc) is 2.67. The number of nitrogens with two attached hydrogens (primary N) is 1. The molecule has 2 aromatic carbocycles. The predicted molar refractivity (Wildman–Crippen MR) is 118 cm³/mol. The molecule has 0 radical (unpaired) electrons. The highest BCUT2D eigenvalue weighted by Crippen LogP contribution is 2.26. The first-order valence-electron chi connectivity index (χ1n) is 9.62. The van der Waals surface area contributed by atoms with Crippen molar-refractivity contribution in [2.45, 2.75) is 26.9 Å². The molecule has 0 amide bonds. The summed E-state index contributed by atoms with van der Waals surface area (Å²) in [7, 11) is 5.33. The highest BCUT2D eigenvalue weighted by atomic mass is 16.5. The molecule has 0 saturated heterocycles. The zero-order valence-corrected chi connectivity index (χ0v) is 18.1. The maximum Gasteiger partial charge on any atom is 0.232 e. The minimum atomic E-state index is 0.168. The van der Waals surface area contributed by atoms with Gasteiger partial charge in [0.2, 0.25) is 11.9 Å². The number of methoxy groups -OCH3 is 2. The average molecular weight is 409 g/mol. The number of nitrogens with zero attached hydrogens (tertiary/aromatic N) is 4. The summed E-state index contributed by atoms with van der Waals surface area (Å²) in [5.41, 5.74) is 10.1. The number of rotatable bonds is 8. The Bertz CT molecular complexity index is 1000. The van der Waals surface area contributed by atoms with Crippen molar-refractivity contribution in [3.8, 4) is 11.5 Å². The topological polar surface area (TPSA) is 98.4 Å². The number of hydrogen-bond acceptors (Lipinski definition) is 8. The molecule has 30 heavy (non-hydrogen) atoms. The van der Waals surface area contributed by atoms with E-state index < -0.39 is 0 Å². The highest BCUT2D eigenvalue weighted by Gasteiger charge is 2.12. The van der Waals surface area contributed by atoms with Crippen molar-refractivity contribution in [1.82, 2.24) is 19.9 Å². The number of aryl methyl sites for hydroxylation is 2. The van der Waals surface area contributed by atoms with Crippen LogP contribution in [-0.4, -0.2) is 41.1 Å². The van der Waals surface area contributed by atoms with Crippen LogP contribution in [0.15, 0.2) is 36.4 Å². The largest absolute Gasteiger partial charge is 0.496 e.